The van der Waals surface area contributed by atoms with Crippen molar-refractivity contribution in [3.8, 4) is 0 Å². The monoisotopic (exact) mass is 204 g/mol. The maximum absolute atomic E-state index is 10.8. The van der Waals surface area contributed by atoms with Crippen LogP contribution >= 0.6 is 11.8 Å². The molecule has 0 amide bonds. The van der Waals surface area contributed by atoms with E-state index in [2.05, 4.69) is 32.0 Å². The van der Waals surface area contributed by atoms with Crippen molar-refractivity contribution in [2.24, 2.45) is 0 Å². The molecule has 0 spiro atoms. The molecular formula is C12H12OS. The quantitative estimate of drug-likeness (QED) is 0.654. The van der Waals surface area contributed by atoms with Crippen LogP contribution in [0.2, 0.25) is 0 Å². The highest BCUT2D eigenvalue weighted by atomic mass is 32.2. The van der Waals surface area contributed by atoms with Crippen LogP contribution in [0.3, 0.4) is 0 Å². The summed E-state index contributed by atoms with van der Waals surface area (Å²) in [5, 5.41) is 0.280. The SMILES string of the molecule is Cc1ccc2c(c1)C=C(C=O)[C@@H](C)S2. The molecule has 2 rings (SSSR count). The van der Waals surface area contributed by atoms with E-state index in [4.69, 9.17) is 0 Å². The van der Waals surface area contributed by atoms with Gasteiger partial charge in [0.1, 0.15) is 6.29 Å². The first-order valence-corrected chi connectivity index (χ1v) is 5.53. The molecule has 1 nitrogen and oxygen atoms in total. The van der Waals surface area contributed by atoms with Gasteiger partial charge in [0.2, 0.25) is 0 Å². The van der Waals surface area contributed by atoms with E-state index in [1.54, 1.807) is 11.8 Å². The van der Waals surface area contributed by atoms with Crippen molar-refractivity contribution in [3.05, 3.63) is 34.9 Å². The molecule has 2 heteroatoms. The molecule has 1 aliphatic rings. The van der Waals surface area contributed by atoms with Gasteiger partial charge in [-0.05, 0) is 31.6 Å². The predicted octanol–water partition coefficient (Wildman–Crippen LogP) is 3.07. The minimum atomic E-state index is 0.280. The lowest BCUT2D eigenvalue weighted by atomic mass is 10.1. The van der Waals surface area contributed by atoms with Gasteiger partial charge >= 0.3 is 0 Å². The van der Waals surface area contributed by atoms with Gasteiger partial charge in [-0.3, -0.25) is 4.79 Å². The average Bonchev–Trinajstić information content (AvgIpc) is 2.17. The van der Waals surface area contributed by atoms with Crippen LogP contribution in [0.1, 0.15) is 18.1 Å². The normalized spacial score (nSPS) is 19.9. The van der Waals surface area contributed by atoms with Crippen LogP contribution in [0.15, 0.2) is 28.7 Å². The van der Waals surface area contributed by atoms with E-state index < -0.39 is 0 Å². The molecule has 0 saturated carbocycles. The van der Waals surface area contributed by atoms with Gasteiger partial charge < -0.3 is 0 Å². The molecule has 1 aliphatic heterocycles. The van der Waals surface area contributed by atoms with Crippen molar-refractivity contribution in [1.29, 1.82) is 0 Å². The van der Waals surface area contributed by atoms with Crippen molar-refractivity contribution < 1.29 is 4.79 Å². The third-order valence-electron chi connectivity index (χ3n) is 2.40. The van der Waals surface area contributed by atoms with Crippen LogP contribution in [0.4, 0.5) is 0 Å². The summed E-state index contributed by atoms with van der Waals surface area (Å²) in [4.78, 5) is 12.1. The Balaban J connectivity index is 2.51. The molecule has 0 fully saturated rings. The van der Waals surface area contributed by atoms with Gasteiger partial charge in [0.25, 0.3) is 0 Å². The van der Waals surface area contributed by atoms with Gasteiger partial charge in [0.15, 0.2) is 0 Å². The van der Waals surface area contributed by atoms with Crippen molar-refractivity contribution in [2.75, 3.05) is 0 Å². The Morgan fingerprint density at radius 2 is 2.21 bits per heavy atom. The summed E-state index contributed by atoms with van der Waals surface area (Å²) in [5.41, 5.74) is 3.30. The molecule has 0 unspecified atom stereocenters. The van der Waals surface area contributed by atoms with Crippen molar-refractivity contribution >= 4 is 24.1 Å². The number of thioether (sulfide) groups is 1. The Morgan fingerprint density at radius 1 is 1.43 bits per heavy atom. The molecule has 0 aromatic heterocycles. The fourth-order valence-corrected chi connectivity index (χ4v) is 2.61. The molecule has 0 saturated heterocycles. The Bertz CT molecular complexity index is 407. The van der Waals surface area contributed by atoms with Crippen LogP contribution in [0, 0.1) is 6.92 Å². The standard InChI is InChI=1S/C12H12OS/c1-8-3-4-12-10(5-8)6-11(7-13)9(2)14-12/h3-7,9H,1-2H3/t9-/m1/s1. The van der Waals surface area contributed by atoms with E-state index in [0.717, 1.165) is 11.9 Å². The number of hydrogen-bond donors (Lipinski definition) is 0. The van der Waals surface area contributed by atoms with E-state index in [0.29, 0.717) is 0 Å². The summed E-state index contributed by atoms with van der Waals surface area (Å²) < 4.78 is 0. The van der Waals surface area contributed by atoms with E-state index in [1.807, 2.05) is 6.08 Å². The third kappa shape index (κ3) is 1.62. The minimum Gasteiger partial charge on any atom is -0.298 e. The zero-order valence-corrected chi connectivity index (χ0v) is 9.10. The number of carbonyl (C=O) groups excluding carboxylic acids is 1. The van der Waals surface area contributed by atoms with E-state index in [1.165, 1.54) is 16.0 Å². The third-order valence-corrected chi connectivity index (χ3v) is 3.65. The molecular weight excluding hydrogens is 192 g/mol. The molecule has 0 N–H and O–H groups in total. The number of rotatable bonds is 1. The van der Waals surface area contributed by atoms with Crippen LogP contribution in [-0.2, 0) is 4.79 Å². The summed E-state index contributed by atoms with van der Waals surface area (Å²) >= 11 is 1.75. The predicted molar refractivity (Wildman–Crippen MR) is 60.5 cm³/mol. The molecule has 14 heavy (non-hydrogen) atoms. The Hall–Kier alpha value is -1.02. The first-order valence-electron chi connectivity index (χ1n) is 4.65. The molecule has 0 radical (unpaired) electrons. The second-order valence-electron chi connectivity index (χ2n) is 3.56. The number of fused-ring (bicyclic) bond motifs is 1. The fourth-order valence-electron chi connectivity index (χ4n) is 1.57. The highest BCUT2D eigenvalue weighted by Gasteiger charge is 2.17. The zero-order valence-electron chi connectivity index (χ0n) is 8.28. The van der Waals surface area contributed by atoms with Crippen LogP contribution in [0.5, 0.6) is 0 Å². The Labute approximate surface area is 88.2 Å². The van der Waals surface area contributed by atoms with E-state index in [9.17, 15) is 4.79 Å². The van der Waals surface area contributed by atoms with Gasteiger partial charge in [-0.1, -0.05) is 17.7 Å². The average molecular weight is 204 g/mol. The van der Waals surface area contributed by atoms with Crippen molar-refractivity contribution in [3.63, 3.8) is 0 Å². The van der Waals surface area contributed by atoms with Crippen LogP contribution in [0.25, 0.3) is 6.08 Å². The Morgan fingerprint density at radius 3 is 2.93 bits per heavy atom. The van der Waals surface area contributed by atoms with Gasteiger partial charge in [0, 0.05) is 15.7 Å². The van der Waals surface area contributed by atoms with E-state index in [-0.39, 0.29) is 5.25 Å². The molecule has 1 heterocycles. The summed E-state index contributed by atoms with van der Waals surface area (Å²) in [6.45, 7) is 4.13. The smallest absolute Gasteiger partial charge is 0.147 e. The van der Waals surface area contributed by atoms with Crippen molar-refractivity contribution in [2.45, 2.75) is 24.0 Å². The zero-order chi connectivity index (χ0) is 10.1. The Kier molecular flexibility index (Phi) is 2.46. The van der Waals surface area contributed by atoms with Gasteiger partial charge in [-0.15, -0.1) is 11.8 Å². The lowest BCUT2D eigenvalue weighted by Crippen LogP contribution is -2.07. The largest absolute Gasteiger partial charge is 0.298 e. The molecule has 0 aliphatic carbocycles. The second-order valence-corrected chi connectivity index (χ2v) is 4.95. The first kappa shape index (κ1) is 9.53. The number of aryl methyl sites for hydroxylation is 1. The van der Waals surface area contributed by atoms with Gasteiger partial charge in [-0.2, -0.15) is 0 Å². The van der Waals surface area contributed by atoms with Crippen LogP contribution < -0.4 is 0 Å². The number of aldehydes is 1. The van der Waals surface area contributed by atoms with Gasteiger partial charge in [0.05, 0.1) is 0 Å². The summed E-state index contributed by atoms with van der Waals surface area (Å²) in [7, 11) is 0. The maximum Gasteiger partial charge on any atom is 0.147 e. The lowest BCUT2D eigenvalue weighted by Gasteiger charge is -2.19. The van der Waals surface area contributed by atoms with Crippen molar-refractivity contribution in [1.82, 2.24) is 0 Å². The highest BCUT2D eigenvalue weighted by Crippen LogP contribution is 2.36. The number of carbonyl (C=O) groups is 1. The van der Waals surface area contributed by atoms with E-state index >= 15 is 0 Å². The van der Waals surface area contributed by atoms with Gasteiger partial charge in [-0.25, -0.2) is 0 Å². The maximum atomic E-state index is 10.8. The molecule has 72 valence electrons. The second kappa shape index (κ2) is 3.62. The lowest BCUT2D eigenvalue weighted by molar-refractivity contribution is -0.104. The summed E-state index contributed by atoms with van der Waals surface area (Å²) in [5.74, 6) is 0. The first-order chi connectivity index (χ1) is 6.70. The highest BCUT2D eigenvalue weighted by molar-refractivity contribution is 8.00. The molecule has 1 aromatic carbocycles. The van der Waals surface area contributed by atoms with Crippen LogP contribution in [-0.4, -0.2) is 11.5 Å². The molecule has 1 atom stereocenters. The molecule has 0 bridgehead atoms. The molecule has 1 aromatic rings. The topological polar surface area (TPSA) is 17.1 Å². The number of hydrogen-bond acceptors (Lipinski definition) is 2. The minimum absolute atomic E-state index is 0.280. The number of benzene rings is 1. The summed E-state index contributed by atoms with van der Waals surface area (Å²) in [6.07, 6.45) is 2.96. The fraction of sp³-hybridized carbons (Fsp3) is 0.250. The summed E-state index contributed by atoms with van der Waals surface area (Å²) in [6, 6.07) is 6.36.